The number of nitrogens with two attached hydrogens (primary N) is 2. The average molecular weight is 609 g/mol. The van der Waals surface area contributed by atoms with Crippen LogP contribution in [0.3, 0.4) is 0 Å². The van der Waals surface area contributed by atoms with Crippen LogP contribution in [-0.2, 0) is 23.1 Å². The minimum absolute atomic E-state index is 0.0138. The van der Waals surface area contributed by atoms with Gasteiger partial charge in [-0.1, -0.05) is 12.2 Å². The molecule has 41 heavy (non-hydrogen) atoms. The summed E-state index contributed by atoms with van der Waals surface area (Å²) in [5.41, 5.74) is 12.0. The molecule has 9 atom stereocenters. The van der Waals surface area contributed by atoms with Crippen molar-refractivity contribution in [1.29, 1.82) is 0 Å². The number of hydrogen-bond donors (Lipinski definition) is 6. The third-order valence-corrected chi connectivity index (χ3v) is 9.25. The van der Waals surface area contributed by atoms with E-state index in [4.69, 9.17) is 30.0 Å². The van der Waals surface area contributed by atoms with Crippen LogP contribution in [0.15, 0.2) is 23.8 Å². The highest BCUT2D eigenvalue weighted by molar-refractivity contribution is 8.44. The number of aromatic nitrogens is 8. The molecule has 0 aliphatic carbocycles. The Kier molecular flexibility index (Phi) is 6.32. The molecule has 4 bridgehead atoms. The maximum Gasteiger partial charge on any atom is 0.386 e. The van der Waals surface area contributed by atoms with E-state index in [1.54, 1.807) is 4.57 Å². The van der Waals surface area contributed by atoms with Crippen molar-refractivity contribution >= 4 is 53.1 Å². The number of H-pyrrole nitrogens is 1. The number of aromatic amines is 1. The van der Waals surface area contributed by atoms with E-state index in [1.165, 1.54) is 23.5 Å². The molecule has 4 aromatic heterocycles. The topological polar surface area (TPSA) is 254 Å². The lowest BCUT2D eigenvalue weighted by molar-refractivity contribution is -0.0529. The number of imidazole rings is 2. The van der Waals surface area contributed by atoms with Crippen LogP contribution < -0.4 is 17.0 Å². The molecule has 0 amide bonds. The smallest absolute Gasteiger partial charge is 0.386 e. The van der Waals surface area contributed by atoms with Crippen LogP contribution in [0.1, 0.15) is 25.3 Å². The largest absolute Gasteiger partial charge is 0.390 e. The lowest BCUT2D eigenvalue weighted by Gasteiger charge is -2.26. The molecule has 7 N–H and O–H groups in total. The highest BCUT2D eigenvalue weighted by Gasteiger charge is 2.52. The Hall–Kier alpha value is -3.16. The van der Waals surface area contributed by atoms with Crippen molar-refractivity contribution in [2.24, 2.45) is 5.92 Å². The molecule has 218 valence electrons. The lowest BCUT2D eigenvalue weighted by atomic mass is 9.91. The van der Waals surface area contributed by atoms with Gasteiger partial charge in [0.15, 0.2) is 28.9 Å². The number of fused-ring (bicyclic) bond motifs is 6. The molecule has 2 unspecified atom stereocenters. The molecule has 20 heteroatoms. The molecule has 4 aromatic rings. The van der Waals surface area contributed by atoms with Gasteiger partial charge in [-0.2, -0.15) is 4.98 Å². The molecule has 7 rings (SSSR count). The molecule has 18 nitrogen and oxygen atoms in total. The Balaban J connectivity index is 1.25. The van der Waals surface area contributed by atoms with Crippen LogP contribution in [0.2, 0.25) is 0 Å². The Labute approximate surface area is 234 Å². The van der Waals surface area contributed by atoms with Crippen LogP contribution in [0.25, 0.3) is 22.3 Å². The number of hydrogen-bond acceptors (Lipinski definition) is 15. The van der Waals surface area contributed by atoms with Gasteiger partial charge in [0, 0.05) is 5.92 Å². The maximum absolute atomic E-state index is 13.3. The molecule has 7 heterocycles. The lowest BCUT2D eigenvalue weighted by Crippen LogP contribution is -2.36. The summed E-state index contributed by atoms with van der Waals surface area (Å²) in [5, 5.41) is 22.5. The van der Waals surface area contributed by atoms with Gasteiger partial charge < -0.3 is 31.2 Å². The number of aliphatic hydroxyl groups excluding tert-OH is 2. The van der Waals surface area contributed by atoms with Crippen LogP contribution in [0.4, 0.5) is 11.8 Å². The van der Waals surface area contributed by atoms with Gasteiger partial charge in [0.05, 0.1) is 31.5 Å². The zero-order valence-electron chi connectivity index (χ0n) is 21.0. The fourth-order valence-electron chi connectivity index (χ4n) is 5.72. The Morgan fingerprint density at radius 1 is 0.976 bits per heavy atom. The van der Waals surface area contributed by atoms with Gasteiger partial charge in [-0.25, -0.2) is 24.5 Å². The van der Waals surface area contributed by atoms with E-state index < -0.39 is 61.3 Å². The minimum Gasteiger partial charge on any atom is -0.390 e. The predicted molar refractivity (Wildman–Crippen MR) is 142 cm³/mol. The Morgan fingerprint density at radius 3 is 2.51 bits per heavy atom. The van der Waals surface area contributed by atoms with E-state index in [0.717, 1.165) is 0 Å². The summed E-state index contributed by atoms with van der Waals surface area (Å²) in [7, 11) is 0. The molecule has 0 saturated carbocycles. The number of anilines is 2. The quantitative estimate of drug-likeness (QED) is 0.124. The van der Waals surface area contributed by atoms with Gasteiger partial charge >= 0.3 is 6.80 Å². The summed E-state index contributed by atoms with van der Waals surface area (Å²) in [4.78, 5) is 35.5. The van der Waals surface area contributed by atoms with Gasteiger partial charge in [0.2, 0.25) is 5.95 Å². The van der Waals surface area contributed by atoms with Crippen molar-refractivity contribution in [3.63, 3.8) is 0 Å². The van der Waals surface area contributed by atoms with Gasteiger partial charge in [-0.15, -0.1) is 0 Å². The van der Waals surface area contributed by atoms with Crippen LogP contribution in [0, 0.1) is 5.92 Å². The van der Waals surface area contributed by atoms with Crippen molar-refractivity contribution in [2.75, 3.05) is 18.1 Å². The predicted octanol–water partition coefficient (Wildman–Crippen LogP) is -0.510. The van der Waals surface area contributed by atoms with Gasteiger partial charge in [0.25, 0.3) is 5.56 Å². The normalized spacial score (nSPS) is 36.0. The standard InChI is InChI=1S/C21H25N10O8PS/c22-15-10-16(25-4-24-15)30(5-26-10)19-7-1-2-8-13(33)14(39-40(35,41)36-3-9(38-19)12(7)32)20(37-8)31-6-27-11-17(31)28-21(23)29-18(11)34/h4-9,12-14,19-20,32-33H,1-3H2,(H,35,41)(H2,22,24,25)(H3,23,28,29,34)/t7-,8?,9-,12+,13-,14-,19-,20-,40?/m1/s1. The summed E-state index contributed by atoms with van der Waals surface area (Å²) in [6.45, 7) is -4.50. The molecule has 3 aliphatic heterocycles. The van der Waals surface area contributed by atoms with Crippen molar-refractivity contribution in [1.82, 2.24) is 39.0 Å². The second kappa shape index (κ2) is 9.70. The first-order valence-electron chi connectivity index (χ1n) is 12.6. The van der Waals surface area contributed by atoms with E-state index in [9.17, 15) is 19.6 Å². The van der Waals surface area contributed by atoms with Gasteiger partial charge in [-0.3, -0.25) is 28.0 Å². The number of aliphatic hydroxyl groups is 2. The monoisotopic (exact) mass is 608 g/mol. The van der Waals surface area contributed by atoms with Crippen LogP contribution in [-0.4, -0.2) is 86.4 Å². The SMILES string of the molecule is Nc1nc2c(ncn2[C@@H]2OC3CC[C@@H]4[C@H](O)[C@@H](COP(=O)(S)O[C@@H]2[C@@H]3O)O[C@H]4n2cnc3c(N)ncnc32)c(=O)[nH]1. The molecular weight excluding hydrogens is 583 g/mol. The summed E-state index contributed by atoms with van der Waals surface area (Å²) < 4.78 is 40.0. The molecule has 0 aromatic carbocycles. The molecule has 3 aliphatic rings. The second-order valence-electron chi connectivity index (χ2n) is 10.0. The third kappa shape index (κ3) is 4.40. The molecular formula is C21H25N10O8PS. The fourth-order valence-corrected chi connectivity index (χ4v) is 7.18. The van der Waals surface area contributed by atoms with Crippen LogP contribution >= 0.6 is 19.0 Å². The summed E-state index contributed by atoms with van der Waals surface area (Å²) in [6, 6.07) is 0. The Morgan fingerprint density at radius 2 is 1.71 bits per heavy atom. The highest BCUT2D eigenvalue weighted by atomic mass is 32.7. The summed E-state index contributed by atoms with van der Waals surface area (Å²) >= 11 is 4.11. The number of nitrogens with zero attached hydrogens (tertiary/aromatic N) is 7. The first-order chi connectivity index (χ1) is 19.6. The number of ether oxygens (including phenoxy) is 2. The number of nitrogen functional groups attached to an aromatic ring is 2. The minimum atomic E-state index is -4.16. The maximum atomic E-state index is 13.3. The zero-order valence-corrected chi connectivity index (χ0v) is 22.8. The average Bonchev–Trinajstić information content (AvgIpc) is 3.67. The highest BCUT2D eigenvalue weighted by Crippen LogP contribution is 2.58. The van der Waals surface area contributed by atoms with E-state index in [1.807, 2.05) is 0 Å². The van der Waals surface area contributed by atoms with Gasteiger partial charge in [-0.05, 0) is 12.8 Å². The Bertz CT molecular complexity index is 1750. The number of nitrogens with one attached hydrogen (secondary N) is 1. The van der Waals surface area contributed by atoms with E-state index >= 15 is 0 Å². The van der Waals surface area contributed by atoms with E-state index in [-0.39, 0.29) is 36.0 Å². The van der Waals surface area contributed by atoms with Gasteiger partial charge in [0.1, 0.15) is 36.4 Å². The molecule has 0 radical (unpaired) electrons. The fraction of sp³-hybridized carbons (Fsp3) is 0.524. The van der Waals surface area contributed by atoms with E-state index in [2.05, 4.69) is 42.2 Å². The zero-order chi connectivity index (χ0) is 28.6. The summed E-state index contributed by atoms with van der Waals surface area (Å²) in [6.07, 6.45) is -2.64. The third-order valence-electron chi connectivity index (χ3n) is 7.64. The summed E-state index contributed by atoms with van der Waals surface area (Å²) in [5.74, 6) is -0.507. The molecule has 0 spiro atoms. The molecule has 3 saturated heterocycles. The van der Waals surface area contributed by atoms with E-state index in [0.29, 0.717) is 17.6 Å². The number of thiol groups is 1. The van der Waals surface area contributed by atoms with Crippen molar-refractivity contribution in [3.8, 4) is 0 Å². The second-order valence-corrected chi connectivity index (χ2v) is 12.9. The van der Waals surface area contributed by atoms with Crippen molar-refractivity contribution in [2.45, 2.75) is 55.8 Å². The van der Waals surface area contributed by atoms with Crippen LogP contribution in [0.5, 0.6) is 0 Å². The van der Waals surface area contributed by atoms with Crippen molar-refractivity contribution in [3.05, 3.63) is 29.3 Å². The van der Waals surface area contributed by atoms with Crippen molar-refractivity contribution < 1.29 is 33.3 Å². The first kappa shape index (κ1) is 26.7. The number of rotatable bonds is 2. The molecule has 3 fully saturated rings. The first-order valence-corrected chi connectivity index (χ1v) is 15.3.